The Labute approximate surface area is 245 Å². The summed E-state index contributed by atoms with van der Waals surface area (Å²) in [5, 5.41) is 37.8. The second-order valence-corrected chi connectivity index (χ2v) is 11.3. The number of carboxylic acids is 1. The van der Waals surface area contributed by atoms with Crippen LogP contribution in [-0.4, -0.2) is 112 Å². The van der Waals surface area contributed by atoms with Crippen LogP contribution in [0.1, 0.15) is 11.6 Å². The molecule has 2 aromatic rings. The van der Waals surface area contributed by atoms with Crippen LogP contribution in [0.15, 0.2) is 40.7 Å². The molecular weight excluding hydrogens is 594 g/mol. The first kappa shape index (κ1) is 28.9. The zero-order valence-electron chi connectivity index (χ0n) is 21.7. The number of tetrazole rings is 1. The normalized spacial score (nSPS) is 20.8. The van der Waals surface area contributed by atoms with Crippen LogP contribution >= 0.6 is 23.5 Å². The van der Waals surface area contributed by atoms with Gasteiger partial charge in [0.05, 0.1) is 0 Å². The number of hydrogen-bond acceptors (Lipinski definition) is 12. The lowest BCUT2D eigenvalue weighted by Crippen LogP contribution is -2.71. The number of carbonyl (C=O) groups excluding carboxylic acids is 5. The van der Waals surface area contributed by atoms with Crippen molar-refractivity contribution in [2.75, 3.05) is 24.6 Å². The highest BCUT2D eigenvalue weighted by Gasteiger charge is 2.54. The molecule has 0 bridgehead atoms. The van der Waals surface area contributed by atoms with Gasteiger partial charge < -0.3 is 26.2 Å². The average molecular weight is 618 g/mol. The van der Waals surface area contributed by atoms with Gasteiger partial charge in [-0.25, -0.2) is 14.3 Å². The zero-order valence-corrected chi connectivity index (χ0v) is 23.3. The van der Waals surface area contributed by atoms with Crippen LogP contribution in [0.3, 0.4) is 0 Å². The number of β-lactam (4-membered cyclic amide) rings is 1. The summed E-state index contributed by atoms with van der Waals surface area (Å²) < 4.78 is 1.43. The Kier molecular flexibility index (Phi) is 8.03. The number of urea groups is 1. The number of aromatic nitrogens is 4. The number of rotatable bonds is 8. The topological polar surface area (TPSA) is 229 Å². The Bertz CT molecular complexity index is 1510. The fraction of sp³-hybridized carbons (Fsp3) is 0.348. The monoisotopic (exact) mass is 617 g/mol. The van der Waals surface area contributed by atoms with E-state index in [1.54, 1.807) is 7.05 Å². The van der Waals surface area contributed by atoms with Crippen molar-refractivity contribution in [3.8, 4) is 5.75 Å². The minimum atomic E-state index is -1.42. The maximum absolute atomic E-state index is 13.5. The first-order valence-corrected chi connectivity index (χ1v) is 14.3. The molecule has 0 saturated carbocycles. The van der Waals surface area contributed by atoms with Crippen molar-refractivity contribution >= 4 is 59.2 Å². The number of nitrogens with zero attached hydrogens (tertiary/aromatic N) is 6. The highest BCUT2D eigenvalue weighted by Crippen LogP contribution is 2.41. The van der Waals surface area contributed by atoms with Crippen LogP contribution in [0, 0.1) is 0 Å². The number of aryl methyl sites for hydroxylation is 1. The van der Waals surface area contributed by atoms with Gasteiger partial charge in [-0.1, -0.05) is 23.9 Å². The SMILES string of the molecule is Cn1nnnc1SCC1=C(C(=O)O)N2C(=O)[C@@H](NC(=O)[C@H](NC(=O)N3CCNC(=O)C3=O)c3ccc(O)cc3)[C@H]2SC1. The van der Waals surface area contributed by atoms with Crippen LogP contribution in [-0.2, 0) is 31.0 Å². The number of carbonyl (C=O) groups is 6. The lowest BCUT2D eigenvalue weighted by atomic mass is 10.0. The first-order valence-electron chi connectivity index (χ1n) is 12.3. The number of aliphatic carboxylic acids is 1. The average Bonchev–Trinajstić information content (AvgIpc) is 3.38. The number of phenols is 1. The van der Waals surface area contributed by atoms with Gasteiger partial charge in [0.1, 0.15) is 28.9 Å². The molecule has 5 rings (SSSR count). The highest BCUT2D eigenvalue weighted by atomic mass is 32.2. The number of piperazine rings is 1. The van der Waals surface area contributed by atoms with Gasteiger partial charge in [-0.15, -0.1) is 16.9 Å². The molecule has 1 aromatic heterocycles. The van der Waals surface area contributed by atoms with E-state index in [0.717, 1.165) is 4.90 Å². The van der Waals surface area contributed by atoms with Crippen LogP contribution in [0.4, 0.5) is 4.79 Å². The van der Waals surface area contributed by atoms with E-state index < -0.39 is 53.1 Å². The predicted molar refractivity (Wildman–Crippen MR) is 143 cm³/mol. The van der Waals surface area contributed by atoms with Gasteiger partial charge in [-0.3, -0.25) is 29.0 Å². The molecule has 3 aliphatic heterocycles. The van der Waals surface area contributed by atoms with Crippen molar-refractivity contribution in [2.24, 2.45) is 7.05 Å². The molecule has 2 saturated heterocycles. The van der Waals surface area contributed by atoms with Crippen molar-refractivity contribution in [1.82, 2.24) is 46.0 Å². The Balaban J connectivity index is 1.32. The van der Waals surface area contributed by atoms with Gasteiger partial charge >= 0.3 is 23.8 Å². The number of aromatic hydroxyl groups is 1. The fourth-order valence-electron chi connectivity index (χ4n) is 4.47. The maximum atomic E-state index is 13.5. The number of hydrogen-bond donors (Lipinski definition) is 5. The molecule has 1 aromatic carbocycles. The third kappa shape index (κ3) is 5.47. The Morgan fingerprint density at radius 3 is 2.62 bits per heavy atom. The van der Waals surface area contributed by atoms with Gasteiger partial charge in [-0.2, -0.15) is 0 Å². The van der Waals surface area contributed by atoms with E-state index in [-0.39, 0.29) is 41.6 Å². The van der Waals surface area contributed by atoms with Gasteiger partial charge in [0.25, 0.3) is 5.91 Å². The first-order chi connectivity index (χ1) is 20.1. The number of nitrogens with one attached hydrogen (secondary N) is 3. The molecule has 220 valence electrons. The second kappa shape index (κ2) is 11.7. The predicted octanol–water partition coefficient (Wildman–Crippen LogP) is -1.84. The standard InChI is InChI=1S/C23H23N9O8S2/c1-30-23(27-28-29-30)42-9-11-8-41-20-14(18(36)32(20)15(11)21(38)39)25-16(34)13(10-2-4-12(33)5-3-10)26-22(40)31-7-6-24-17(35)19(31)37/h2-5,13-14,20,33H,6-9H2,1H3,(H,24,35)(H,25,34)(H,26,40)(H,38,39)/t13-,14-,20-/m1/s1. The van der Waals surface area contributed by atoms with Gasteiger partial charge in [0.15, 0.2) is 0 Å². The Hall–Kier alpha value is -4.65. The van der Waals surface area contributed by atoms with E-state index in [9.17, 15) is 39.0 Å². The third-order valence-electron chi connectivity index (χ3n) is 6.57. The van der Waals surface area contributed by atoms with Crippen molar-refractivity contribution in [2.45, 2.75) is 22.6 Å². The summed E-state index contributed by atoms with van der Waals surface area (Å²) in [6.07, 6.45) is 0. The fourth-order valence-corrected chi connectivity index (χ4v) is 6.80. The summed E-state index contributed by atoms with van der Waals surface area (Å²) in [7, 11) is 1.64. The van der Waals surface area contributed by atoms with Crippen molar-refractivity contribution in [3.63, 3.8) is 0 Å². The molecule has 19 heteroatoms. The number of fused-ring (bicyclic) bond motifs is 1. The van der Waals surface area contributed by atoms with Crippen LogP contribution in [0.25, 0.3) is 0 Å². The molecule has 4 heterocycles. The van der Waals surface area contributed by atoms with Crippen LogP contribution in [0.2, 0.25) is 0 Å². The lowest BCUT2D eigenvalue weighted by molar-refractivity contribution is -0.151. The molecule has 0 radical (unpaired) electrons. The lowest BCUT2D eigenvalue weighted by Gasteiger charge is -2.49. The molecule has 0 spiro atoms. The van der Waals surface area contributed by atoms with E-state index in [2.05, 4.69) is 31.5 Å². The van der Waals surface area contributed by atoms with Crippen molar-refractivity contribution < 1.29 is 39.0 Å². The minimum Gasteiger partial charge on any atom is -0.508 e. The molecule has 42 heavy (non-hydrogen) atoms. The zero-order chi connectivity index (χ0) is 30.1. The number of thioether (sulfide) groups is 2. The number of phenolic OH excluding ortho intramolecular Hbond substituents is 1. The minimum absolute atomic E-state index is 0.0365. The molecule has 0 aliphatic carbocycles. The summed E-state index contributed by atoms with van der Waals surface area (Å²) in [4.78, 5) is 77.4. The third-order valence-corrected chi connectivity index (χ3v) is 9.00. The molecule has 17 nitrogen and oxygen atoms in total. The van der Waals surface area contributed by atoms with Crippen molar-refractivity contribution in [3.05, 3.63) is 41.1 Å². The molecule has 0 unspecified atom stereocenters. The van der Waals surface area contributed by atoms with Crippen molar-refractivity contribution in [1.29, 1.82) is 0 Å². The number of benzene rings is 1. The van der Waals surface area contributed by atoms with Crippen LogP contribution in [0.5, 0.6) is 5.75 Å². The van der Waals surface area contributed by atoms with E-state index in [0.29, 0.717) is 15.6 Å². The van der Waals surface area contributed by atoms with Gasteiger partial charge in [0.2, 0.25) is 11.1 Å². The molecule has 2 fully saturated rings. The highest BCUT2D eigenvalue weighted by molar-refractivity contribution is 8.01. The van der Waals surface area contributed by atoms with Gasteiger partial charge in [-0.05, 0) is 33.7 Å². The van der Waals surface area contributed by atoms with E-state index in [4.69, 9.17) is 0 Å². The van der Waals surface area contributed by atoms with Crippen LogP contribution < -0.4 is 16.0 Å². The Morgan fingerprint density at radius 2 is 1.95 bits per heavy atom. The number of amides is 6. The van der Waals surface area contributed by atoms with E-state index in [1.807, 2.05) is 0 Å². The number of carboxylic acid groups (broad SMARTS) is 1. The summed E-state index contributed by atoms with van der Waals surface area (Å²) in [6, 6.07) is 1.78. The quantitative estimate of drug-likeness (QED) is 0.125. The summed E-state index contributed by atoms with van der Waals surface area (Å²) >= 11 is 2.48. The largest absolute Gasteiger partial charge is 0.508 e. The van der Waals surface area contributed by atoms with Gasteiger partial charge in [0, 0.05) is 31.6 Å². The Morgan fingerprint density at radius 1 is 1.21 bits per heavy atom. The van der Waals surface area contributed by atoms with E-state index >= 15 is 0 Å². The summed E-state index contributed by atoms with van der Waals surface area (Å²) in [5.74, 6) is -4.45. The molecule has 3 aliphatic rings. The summed E-state index contributed by atoms with van der Waals surface area (Å²) in [5.41, 5.74) is 0.526. The molecule has 6 amide bonds. The maximum Gasteiger partial charge on any atom is 0.352 e. The smallest absolute Gasteiger partial charge is 0.352 e. The summed E-state index contributed by atoms with van der Waals surface area (Å²) in [6.45, 7) is -0.0814. The van der Waals surface area contributed by atoms with E-state index in [1.165, 1.54) is 52.5 Å². The molecular formula is C23H23N9O8S2. The second-order valence-electron chi connectivity index (χ2n) is 9.21. The molecule has 3 atom stereocenters. The number of imide groups is 1. The molecule has 5 N–H and O–H groups in total.